The Morgan fingerprint density at radius 2 is 1.95 bits per heavy atom. The van der Waals surface area contributed by atoms with Crippen molar-refractivity contribution in [1.82, 2.24) is 14.9 Å². The Bertz CT molecular complexity index is 1340. The number of anilines is 1. The van der Waals surface area contributed by atoms with Gasteiger partial charge in [0.25, 0.3) is 0 Å². The Morgan fingerprint density at radius 1 is 1.19 bits per heavy atom. The number of carboxylic acid groups (broad SMARTS) is 1. The molecular formula is C25H26Cl2N4O6. The minimum atomic E-state index is -1.07. The predicted molar refractivity (Wildman–Crippen MR) is 139 cm³/mol. The molecule has 1 fully saturated rings. The summed E-state index contributed by atoms with van der Waals surface area (Å²) in [6.07, 6.45) is 3.50. The first kappa shape index (κ1) is 26.6. The molecule has 1 aromatic heterocycles. The third kappa shape index (κ3) is 6.08. The van der Waals surface area contributed by atoms with Crippen LogP contribution in [0.3, 0.4) is 0 Å². The molecule has 4 rings (SSSR count). The summed E-state index contributed by atoms with van der Waals surface area (Å²) in [5, 5.41) is 14.4. The van der Waals surface area contributed by atoms with Gasteiger partial charge in [0.2, 0.25) is 0 Å². The second-order valence-corrected chi connectivity index (χ2v) is 10.4. The molecule has 2 heterocycles. The number of benzene rings is 2. The van der Waals surface area contributed by atoms with Crippen LogP contribution in [0.4, 0.5) is 10.5 Å². The van der Waals surface area contributed by atoms with E-state index in [2.05, 4.69) is 10.3 Å². The zero-order valence-electron chi connectivity index (χ0n) is 20.4. The van der Waals surface area contributed by atoms with Crippen LogP contribution in [0.2, 0.25) is 10.0 Å². The molecule has 0 bridgehead atoms. The number of hydrogen-bond donors (Lipinski definition) is 2. The van der Waals surface area contributed by atoms with Gasteiger partial charge in [-0.3, -0.25) is 4.79 Å². The highest BCUT2D eigenvalue weighted by Crippen LogP contribution is 2.39. The van der Waals surface area contributed by atoms with Crippen molar-refractivity contribution in [3.63, 3.8) is 0 Å². The number of nitrogens with one attached hydrogen (secondary N) is 1. The molecule has 1 amide bonds. The van der Waals surface area contributed by atoms with Crippen molar-refractivity contribution in [3.05, 3.63) is 53.0 Å². The van der Waals surface area contributed by atoms with Crippen LogP contribution in [0.15, 0.2) is 43.0 Å². The van der Waals surface area contributed by atoms with Crippen LogP contribution >= 0.6 is 23.2 Å². The molecule has 3 aromatic rings. The van der Waals surface area contributed by atoms with Crippen LogP contribution in [-0.4, -0.2) is 63.5 Å². The Hall–Kier alpha value is -3.50. The molecule has 0 aliphatic carbocycles. The van der Waals surface area contributed by atoms with E-state index in [1.165, 1.54) is 0 Å². The molecule has 1 saturated heterocycles. The van der Waals surface area contributed by atoms with Crippen molar-refractivity contribution >= 4 is 57.7 Å². The monoisotopic (exact) mass is 548 g/mol. The summed E-state index contributed by atoms with van der Waals surface area (Å²) >= 11 is 12.8. The highest BCUT2D eigenvalue weighted by molar-refractivity contribution is 6.45. The van der Waals surface area contributed by atoms with Crippen LogP contribution < -0.4 is 10.2 Å². The number of nitrogens with zero attached hydrogens (tertiary/aromatic N) is 3. The summed E-state index contributed by atoms with van der Waals surface area (Å²) in [7, 11) is 0. The Morgan fingerprint density at radius 3 is 2.59 bits per heavy atom. The van der Waals surface area contributed by atoms with Crippen molar-refractivity contribution in [2.75, 3.05) is 18.0 Å². The minimum Gasteiger partial charge on any atom is -0.480 e. The third-order valence-corrected chi connectivity index (χ3v) is 6.54. The van der Waals surface area contributed by atoms with Gasteiger partial charge < -0.3 is 29.4 Å². The number of aromatic nitrogens is 2. The first-order valence-electron chi connectivity index (χ1n) is 11.5. The van der Waals surface area contributed by atoms with Crippen molar-refractivity contribution in [2.24, 2.45) is 0 Å². The predicted octanol–water partition coefficient (Wildman–Crippen LogP) is 4.43. The van der Waals surface area contributed by atoms with Gasteiger partial charge in [0, 0.05) is 35.3 Å². The number of halogens is 2. The van der Waals surface area contributed by atoms with Gasteiger partial charge in [-0.2, -0.15) is 0 Å². The number of esters is 1. The lowest BCUT2D eigenvalue weighted by Gasteiger charge is -2.25. The summed E-state index contributed by atoms with van der Waals surface area (Å²) in [6.45, 7) is 4.90. The van der Waals surface area contributed by atoms with E-state index in [1.54, 1.807) is 61.1 Å². The average molecular weight is 549 g/mol. The van der Waals surface area contributed by atoms with Gasteiger partial charge >= 0.3 is 18.0 Å². The van der Waals surface area contributed by atoms with Crippen LogP contribution in [0.1, 0.15) is 27.2 Å². The number of carboxylic acids is 1. The number of imidazole rings is 1. The first-order chi connectivity index (χ1) is 17.4. The molecule has 0 spiro atoms. The lowest BCUT2D eigenvalue weighted by Crippen LogP contribution is -2.37. The van der Waals surface area contributed by atoms with E-state index in [-0.39, 0.29) is 19.5 Å². The fourth-order valence-electron chi connectivity index (χ4n) is 4.24. The highest BCUT2D eigenvalue weighted by atomic mass is 35.5. The van der Waals surface area contributed by atoms with Crippen LogP contribution in [0, 0.1) is 0 Å². The maximum absolute atomic E-state index is 12.3. The molecule has 2 aromatic carbocycles. The zero-order valence-corrected chi connectivity index (χ0v) is 21.9. The number of alkyl carbamates (subject to hydrolysis) is 1. The lowest BCUT2D eigenvalue weighted by molar-refractivity contribution is -0.153. The normalized spacial score (nSPS) is 17.6. The number of carbonyl (C=O) groups excluding carboxylic acids is 2. The molecule has 10 nitrogen and oxygen atoms in total. The van der Waals surface area contributed by atoms with Crippen LogP contribution in [-0.2, 0) is 19.1 Å². The number of amides is 1. The Balaban J connectivity index is 1.58. The van der Waals surface area contributed by atoms with Gasteiger partial charge in [-0.05, 0) is 39.0 Å². The van der Waals surface area contributed by atoms with E-state index < -0.39 is 35.8 Å². The van der Waals surface area contributed by atoms with Gasteiger partial charge in [-0.1, -0.05) is 29.3 Å². The Labute approximate surface area is 223 Å². The number of hydrogen-bond acceptors (Lipinski definition) is 7. The summed E-state index contributed by atoms with van der Waals surface area (Å²) in [6, 6.07) is 6.17. The SMILES string of the molecule is CC(C)(C)OC(=O)CNC(=O)O[C@H]1C[C@@H](C(=O)O)N(c2cc(-n3ccnc3)c3ccc(Cl)c(Cl)c3c2)C1. The fourth-order valence-corrected chi connectivity index (χ4v) is 4.62. The molecule has 37 heavy (non-hydrogen) atoms. The van der Waals surface area contributed by atoms with Gasteiger partial charge in [0.1, 0.15) is 24.3 Å². The maximum atomic E-state index is 12.3. The average Bonchev–Trinajstić information content (AvgIpc) is 3.49. The lowest BCUT2D eigenvalue weighted by atomic mass is 10.1. The number of fused-ring (bicyclic) bond motifs is 1. The molecule has 196 valence electrons. The molecule has 12 heteroatoms. The smallest absolute Gasteiger partial charge is 0.407 e. The summed E-state index contributed by atoms with van der Waals surface area (Å²) in [4.78, 5) is 42.1. The van der Waals surface area contributed by atoms with Crippen molar-refractivity contribution in [3.8, 4) is 5.69 Å². The Kier molecular flexibility index (Phi) is 7.52. The number of ether oxygens (including phenoxy) is 2. The molecular weight excluding hydrogens is 523 g/mol. The van der Waals surface area contributed by atoms with Crippen molar-refractivity contribution in [2.45, 2.75) is 44.9 Å². The summed E-state index contributed by atoms with van der Waals surface area (Å²) < 4.78 is 12.4. The molecule has 0 radical (unpaired) electrons. The van der Waals surface area contributed by atoms with E-state index >= 15 is 0 Å². The number of rotatable bonds is 6. The largest absolute Gasteiger partial charge is 0.480 e. The van der Waals surface area contributed by atoms with Gasteiger partial charge in [0.05, 0.1) is 28.6 Å². The number of carbonyl (C=O) groups is 3. The molecule has 2 N–H and O–H groups in total. The molecule has 0 unspecified atom stereocenters. The summed E-state index contributed by atoms with van der Waals surface area (Å²) in [5.41, 5.74) is 0.603. The van der Waals surface area contributed by atoms with Crippen molar-refractivity contribution in [1.29, 1.82) is 0 Å². The second-order valence-electron chi connectivity index (χ2n) is 9.60. The molecule has 0 saturated carbocycles. The van der Waals surface area contributed by atoms with E-state index in [0.29, 0.717) is 21.1 Å². The minimum absolute atomic E-state index is 0.0525. The molecule has 1 aliphatic rings. The number of aliphatic carboxylic acids is 1. The van der Waals surface area contributed by atoms with E-state index in [4.69, 9.17) is 32.7 Å². The van der Waals surface area contributed by atoms with Crippen LogP contribution in [0.25, 0.3) is 16.5 Å². The van der Waals surface area contributed by atoms with E-state index in [1.807, 2.05) is 12.1 Å². The first-order valence-corrected chi connectivity index (χ1v) is 12.2. The molecule has 1 aliphatic heterocycles. The van der Waals surface area contributed by atoms with Gasteiger partial charge in [-0.15, -0.1) is 0 Å². The topological polar surface area (TPSA) is 123 Å². The fraction of sp³-hybridized carbons (Fsp3) is 0.360. The summed E-state index contributed by atoms with van der Waals surface area (Å²) in [5.74, 6) is -1.68. The second kappa shape index (κ2) is 10.5. The zero-order chi connectivity index (χ0) is 26.9. The third-order valence-electron chi connectivity index (χ3n) is 5.72. The highest BCUT2D eigenvalue weighted by Gasteiger charge is 2.39. The van der Waals surface area contributed by atoms with E-state index in [0.717, 1.165) is 11.1 Å². The van der Waals surface area contributed by atoms with E-state index in [9.17, 15) is 19.5 Å². The van der Waals surface area contributed by atoms with Crippen LogP contribution in [0.5, 0.6) is 0 Å². The van der Waals surface area contributed by atoms with Gasteiger partial charge in [0.15, 0.2) is 0 Å². The quantitative estimate of drug-likeness (QED) is 0.433. The maximum Gasteiger partial charge on any atom is 0.407 e. The van der Waals surface area contributed by atoms with Crippen molar-refractivity contribution < 1.29 is 29.0 Å². The molecule has 2 atom stereocenters. The van der Waals surface area contributed by atoms with Gasteiger partial charge in [-0.25, -0.2) is 14.6 Å². The standard InChI is InChI=1S/C25H26Cl2N4O6/c1-25(2,3)37-21(32)11-29-24(35)36-15-10-20(23(33)34)31(12-15)14-8-17-16(4-5-18(26)22(17)27)19(9-14)30-7-6-28-13-30/h4-9,13,15,20H,10-12H2,1-3H3,(H,29,35)(H,33,34)/t15-,20-/m0/s1.